The smallest absolute Gasteiger partial charge is 0.255 e. The van der Waals surface area contributed by atoms with Crippen molar-refractivity contribution < 1.29 is 9.32 Å². The number of piperidine rings is 1. The molecule has 136 valence electrons. The Morgan fingerprint density at radius 1 is 1.40 bits per heavy atom. The summed E-state index contributed by atoms with van der Waals surface area (Å²) in [6.45, 7) is 11.8. The SMILES string of the molecule is CCc1nc([C@H]2CCCN(C(=O)c3cc(C)n(C(C)C)c3C)C2)no1. The summed E-state index contributed by atoms with van der Waals surface area (Å²) in [5.74, 6) is 1.68. The minimum atomic E-state index is 0.115. The number of aryl methyl sites for hydroxylation is 2. The Balaban J connectivity index is 1.79. The van der Waals surface area contributed by atoms with E-state index in [1.54, 1.807) is 0 Å². The summed E-state index contributed by atoms with van der Waals surface area (Å²) in [4.78, 5) is 19.5. The Morgan fingerprint density at radius 3 is 2.76 bits per heavy atom. The molecule has 2 aromatic rings. The molecule has 0 aromatic carbocycles. The molecule has 0 unspecified atom stereocenters. The number of amides is 1. The molecule has 6 heteroatoms. The van der Waals surface area contributed by atoms with Gasteiger partial charge in [0, 0.05) is 42.9 Å². The second-order valence-corrected chi connectivity index (χ2v) is 7.24. The molecule has 3 rings (SSSR count). The third kappa shape index (κ3) is 3.34. The summed E-state index contributed by atoms with van der Waals surface area (Å²) in [5.41, 5.74) is 3.00. The number of carbonyl (C=O) groups excluding carboxylic acids is 1. The van der Waals surface area contributed by atoms with Crippen LogP contribution in [-0.4, -0.2) is 38.6 Å². The van der Waals surface area contributed by atoms with Crippen molar-refractivity contribution in [1.29, 1.82) is 0 Å². The number of aromatic nitrogens is 3. The highest BCUT2D eigenvalue weighted by atomic mass is 16.5. The molecule has 25 heavy (non-hydrogen) atoms. The first-order valence-electron chi connectivity index (χ1n) is 9.22. The van der Waals surface area contributed by atoms with Gasteiger partial charge >= 0.3 is 0 Å². The Kier molecular flexibility index (Phi) is 4.97. The van der Waals surface area contributed by atoms with Gasteiger partial charge < -0.3 is 14.0 Å². The monoisotopic (exact) mass is 344 g/mol. The quantitative estimate of drug-likeness (QED) is 0.849. The highest BCUT2D eigenvalue weighted by Crippen LogP contribution is 2.28. The second kappa shape index (κ2) is 7.02. The molecule has 2 aromatic heterocycles. The number of hydrogen-bond donors (Lipinski definition) is 0. The summed E-state index contributed by atoms with van der Waals surface area (Å²) in [6, 6.07) is 2.37. The fourth-order valence-corrected chi connectivity index (χ4v) is 3.91. The zero-order chi connectivity index (χ0) is 18.1. The summed E-state index contributed by atoms with van der Waals surface area (Å²) >= 11 is 0. The molecule has 1 aliphatic rings. The van der Waals surface area contributed by atoms with Gasteiger partial charge in [-0.2, -0.15) is 4.98 Å². The standard InChI is InChI=1S/C19H28N4O2/c1-6-17-20-18(21-25-17)15-8-7-9-22(11-15)19(24)16-10-13(4)23(12(2)3)14(16)5/h10,12,15H,6-9,11H2,1-5H3/t15-/m0/s1. The van der Waals surface area contributed by atoms with Crippen LogP contribution < -0.4 is 0 Å². The van der Waals surface area contributed by atoms with Crippen LogP contribution in [0.5, 0.6) is 0 Å². The van der Waals surface area contributed by atoms with E-state index in [2.05, 4.69) is 35.5 Å². The van der Waals surface area contributed by atoms with E-state index in [1.807, 2.05) is 24.8 Å². The molecular formula is C19H28N4O2. The van der Waals surface area contributed by atoms with Gasteiger partial charge in [-0.05, 0) is 46.6 Å². The van der Waals surface area contributed by atoms with Crippen molar-refractivity contribution in [2.24, 2.45) is 0 Å². The lowest BCUT2D eigenvalue weighted by Gasteiger charge is -2.31. The van der Waals surface area contributed by atoms with Crippen LogP contribution in [-0.2, 0) is 6.42 Å². The Labute approximate surface area is 149 Å². The maximum atomic E-state index is 13.1. The van der Waals surface area contributed by atoms with Crippen molar-refractivity contribution in [3.8, 4) is 0 Å². The van der Waals surface area contributed by atoms with Gasteiger partial charge in [-0.1, -0.05) is 12.1 Å². The van der Waals surface area contributed by atoms with Gasteiger partial charge in [0.25, 0.3) is 5.91 Å². The maximum Gasteiger partial charge on any atom is 0.255 e. The largest absolute Gasteiger partial charge is 0.346 e. The summed E-state index contributed by atoms with van der Waals surface area (Å²) in [6.07, 6.45) is 2.70. The molecule has 1 fully saturated rings. The lowest BCUT2D eigenvalue weighted by Crippen LogP contribution is -2.39. The van der Waals surface area contributed by atoms with Gasteiger partial charge in [-0.15, -0.1) is 0 Å². The number of likely N-dealkylation sites (tertiary alicyclic amines) is 1. The van der Waals surface area contributed by atoms with E-state index in [4.69, 9.17) is 4.52 Å². The second-order valence-electron chi connectivity index (χ2n) is 7.24. The first-order valence-corrected chi connectivity index (χ1v) is 9.22. The van der Waals surface area contributed by atoms with Gasteiger partial charge in [0.15, 0.2) is 5.82 Å². The molecule has 0 spiro atoms. The van der Waals surface area contributed by atoms with E-state index >= 15 is 0 Å². The molecule has 6 nitrogen and oxygen atoms in total. The summed E-state index contributed by atoms with van der Waals surface area (Å²) in [5, 5.41) is 4.11. The zero-order valence-corrected chi connectivity index (χ0v) is 15.9. The van der Waals surface area contributed by atoms with Gasteiger partial charge in [0.1, 0.15) is 0 Å². The Hall–Kier alpha value is -2.11. The molecule has 1 atom stereocenters. The van der Waals surface area contributed by atoms with E-state index in [0.717, 1.165) is 48.6 Å². The Morgan fingerprint density at radius 2 is 2.16 bits per heavy atom. The third-order valence-corrected chi connectivity index (χ3v) is 5.09. The molecule has 3 heterocycles. The molecule has 0 saturated carbocycles. The highest BCUT2D eigenvalue weighted by molar-refractivity contribution is 5.95. The van der Waals surface area contributed by atoms with E-state index in [-0.39, 0.29) is 11.8 Å². The minimum absolute atomic E-state index is 0.115. The van der Waals surface area contributed by atoms with Crippen LogP contribution in [0.4, 0.5) is 0 Å². The van der Waals surface area contributed by atoms with Crippen LogP contribution in [0, 0.1) is 13.8 Å². The number of rotatable bonds is 4. The molecule has 1 saturated heterocycles. The molecule has 0 radical (unpaired) electrons. The first kappa shape index (κ1) is 17.7. The van der Waals surface area contributed by atoms with Crippen molar-refractivity contribution in [1.82, 2.24) is 19.6 Å². The highest BCUT2D eigenvalue weighted by Gasteiger charge is 2.30. The lowest BCUT2D eigenvalue weighted by atomic mass is 9.96. The van der Waals surface area contributed by atoms with Crippen LogP contribution in [0.1, 0.15) is 79.0 Å². The van der Waals surface area contributed by atoms with Gasteiger partial charge in [0.05, 0.1) is 5.56 Å². The minimum Gasteiger partial charge on any atom is -0.346 e. The van der Waals surface area contributed by atoms with E-state index in [9.17, 15) is 4.79 Å². The topological polar surface area (TPSA) is 64.2 Å². The first-order chi connectivity index (χ1) is 11.9. The Bertz CT molecular complexity index is 760. The van der Waals surface area contributed by atoms with Crippen LogP contribution in [0.25, 0.3) is 0 Å². The van der Waals surface area contributed by atoms with Crippen molar-refractivity contribution in [2.45, 2.75) is 65.8 Å². The molecule has 1 aliphatic heterocycles. The van der Waals surface area contributed by atoms with Gasteiger partial charge in [-0.25, -0.2) is 0 Å². The van der Waals surface area contributed by atoms with Crippen LogP contribution in [0.2, 0.25) is 0 Å². The molecule has 0 N–H and O–H groups in total. The van der Waals surface area contributed by atoms with Crippen LogP contribution in [0.15, 0.2) is 10.6 Å². The van der Waals surface area contributed by atoms with Crippen molar-refractivity contribution in [2.75, 3.05) is 13.1 Å². The number of carbonyl (C=O) groups is 1. The van der Waals surface area contributed by atoms with Crippen LogP contribution in [0.3, 0.4) is 0 Å². The summed E-state index contributed by atoms with van der Waals surface area (Å²) < 4.78 is 7.47. The average Bonchev–Trinajstić information content (AvgIpc) is 3.18. The van der Waals surface area contributed by atoms with E-state index < -0.39 is 0 Å². The molecule has 1 amide bonds. The molecule has 0 aliphatic carbocycles. The van der Waals surface area contributed by atoms with Crippen molar-refractivity contribution in [3.05, 3.63) is 34.7 Å². The lowest BCUT2D eigenvalue weighted by molar-refractivity contribution is 0.0702. The zero-order valence-electron chi connectivity index (χ0n) is 15.9. The molecule has 0 bridgehead atoms. The normalized spacial score (nSPS) is 18.2. The van der Waals surface area contributed by atoms with Gasteiger partial charge in [0.2, 0.25) is 5.89 Å². The van der Waals surface area contributed by atoms with Gasteiger partial charge in [-0.3, -0.25) is 4.79 Å². The van der Waals surface area contributed by atoms with E-state index in [1.165, 1.54) is 0 Å². The van der Waals surface area contributed by atoms with E-state index in [0.29, 0.717) is 18.5 Å². The average molecular weight is 344 g/mol. The predicted octanol–water partition coefficient (Wildman–Crippen LogP) is 3.65. The number of hydrogen-bond acceptors (Lipinski definition) is 4. The van der Waals surface area contributed by atoms with Crippen molar-refractivity contribution in [3.63, 3.8) is 0 Å². The molecular weight excluding hydrogens is 316 g/mol. The fraction of sp³-hybridized carbons (Fsp3) is 0.632. The maximum absolute atomic E-state index is 13.1. The fourth-order valence-electron chi connectivity index (χ4n) is 3.91. The third-order valence-electron chi connectivity index (χ3n) is 5.09. The number of nitrogens with zero attached hydrogens (tertiary/aromatic N) is 4. The van der Waals surface area contributed by atoms with Crippen molar-refractivity contribution >= 4 is 5.91 Å². The van der Waals surface area contributed by atoms with Crippen LogP contribution >= 0.6 is 0 Å². The summed E-state index contributed by atoms with van der Waals surface area (Å²) in [7, 11) is 0. The predicted molar refractivity (Wildman–Crippen MR) is 95.8 cm³/mol.